The molecule has 0 amide bonds. The molecule has 5 rings (SSSR count). The number of ether oxygens (including phenoxy) is 1. The molecule has 2 aromatic heterocycles. The minimum atomic E-state index is -0.263. The second-order valence-electron chi connectivity index (χ2n) is 6.77. The minimum Gasteiger partial charge on any atom is -0.378 e. The molecule has 1 fully saturated rings. The van der Waals surface area contributed by atoms with E-state index < -0.39 is 0 Å². The molecule has 6 nitrogen and oxygen atoms in total. The van der Waals surface area contributed by atoms with Crippen LogP contribution in [0.3, 0.4) is 0 Å². The Labute approximate surface area is 189 Å². The Morgan fingerprint density at radius 2 is 2.03 bits per heavy atom. The van der Waals surface area contributed by atoms with Crippen molar-refractivity contribution >= 4 is 54.9 Å². The summed E-state index contributed by atoms with van der Waals surface area (Å²) < 4.78 is 24.8. The summed E-state index contributed by atoms with van der Waals surface area (Å²) in [6.45, 7) is 2.64. The highest BCUT2D eigenvalue weighted by molar-refractivity contribution is 9.10. The Kier molecular flexibility index (Phi) is 5.72. The molecule has 4 aromatic rings. The molecule has 0 bridgehead atoms. The van der Waals surface area contributed by atoms with Crippen molar-refractivity contribution in [1.29, 1.82) is 0 Å². The third-order valence-electron chi connectivity index (χ3n) is 4.76. The van der Waals surface area contributed by atoms with Gasteiger partial charge in [0.25, 0.3) is 0 Å². The van der Waals surface area contributed by atoms with Gasteiger partial charge in [-0.25, -0.2) is 14.1 Å². The van der Waals surface area contributed by atoms with Gasteiger partial charge in [0.05, 0.1) is 46.7 Å². The Hall–Kier alpha value is -2.01. The number of anilines is 1. The van der Waals surface area contributed by atoms with Gasteiger partial charge in [-0.1, -0.05) is 32.9 Å². The van der Waals surface area contributed by atoms with E-state index in [1.54, 1.807) is 33.8 Å². The van der Waals surface area contributed by atoms with Gasteiger partial charge in [0.1, 0.15) is 5.82 Å². The first-order valence-electron chi connectivity index (χ1n) is 9.38. The molecular weight excluding hydrogens is 489 g/mol. The lowest BCUT2D eigenvalue weighted by Crippen LogP contribution is -2.36. The Morgan fingerprint density at radius 3 is 2.87 bits per heavy atom. The molecule has 30 heavy (non-hydrogen) atoms. The topological polar surface area (TPSA) is 56.1 Å². The molecule has 0 spiro atoms. The summed E-state index contributed by atoms with van der Waals surface area (Å²) >= 11 is 6.76. The second-order valence-corrected chi connectivity index (χ2v) is 9.94. The largest absolute Gasteiger partial charge is 0.378 e. The minimum absolute atomic E-state index is 0.263. The van der Waals surface area contributed by atoms with Crippen LogP contribution in [0.4, 0.5) is 10.1 Å². The lowest BCUT2D eigenvalue weighted by molar-refractivity contribution is 0.122. The molecule has 1 aliphatic rings. The monoisotopic (exact) mass is 505 g/mol. The number of fused-ring (bicyclic) bond motifs is 1. The summed E-state index contributed by atoms with van der Waals surface area (Å²) in [7, 11) is 0. The van der Waals surface area contributed by atoms with E-state index in [0.29, 0.717) is 43.4 Å². The number of thiazole rings is 1. The molecule has 3 heterocycles. The van der Waals surface area contributed by atoms with Gasteiger partial charge in [-0.05, 0) is 30.3 Å². The normalized spacial score (nSPS) is 14.5. The number of hydrogen-bond donors (Lipinski definition) is 0. The number of aromatic nitrogens is 4. The van der Waals surface area contributed by atoms with Crippen molar-refractivity contribution in [2.45, 2.75) is 10.1 Å². The first-order valence-corrected chi connectivity index (χ1v) is 12.0. The molecule has 0 unspecified atom stereocenters. The molecule has 1 saturated heterocycles. The van der Waals surface area contributed by atoms with Crippen LogP contribution < -0.4 is 4.90 Å². The molecule has 0 N–H and O–H groups in total. The number of halogens is 2. The smallest absolute Gasteiger partial charge is 0.151 e. The van der Waals surface area contributed by atoms with Gasteiger partial charge in [-0.3, -0.25) is 0 Å². The number of hydrogen-bond acceptors (Lipinski definition) is 7. The van der Waals surface area contributed by atoms with Crippen molar-refractivity contribution in [3.8, 4) is 5.69 Å². The standard InChI is InChI=1S/C20H17BrFN5OS2/c21-13-1-4-19-17(9-13)23-20(30-19)29-12-14-11-27(25-24-14)15-2-3-18(16(22)10-15)26-5-7-28-8-6-26/h1-4,9-11H,5-8,12H2. The van der Waals surface area contributed by atoms with E-state index in [2.05, 4.69) is 37.3 Å². The summed E-state index contributed by atoms with van der Waals surface area (Å²) in [5, 5.41) is 8.40. The maximum absolute atomic E-state index is 14.7. The molecule has 2 aromatic carbocycles. The van der Waals surface area contributed by atoms with Gasteiger partial charge in [0, 0.05) is 29.4 Å². The molecule has 0 atom stereocenters. The van der Waals surface area contributed by atoms with E-state index in [-0.39, 0.29) is 5.82 Å². The first-order chi connectivity index (χ1) is 14.7. The lowest BCUT2D eigenvalue weighted by atomic mass is 10.2. The summed E-state index contributed by atoms with van der Waals surface area (Å²) in [5.74, 6) is 0.386. The zero-order chi connectivity index (χ0) is 20.5. The third kappa shape index (κ3) is 4.22. The predicted octanol–water partition coefficient (Wildman–Crippen LogP) is 4.91. The molecule has 0 radical (unpaired) electrons. The van der Waals surface area contributed by atoms with E-state index in [1.807, 2.05) is 29.3 Å². The number of morpholine rings is 1. The summed E-state index contributed by atoms with van der Waals surface area (Å²) in [6, 6.07) is 11.3. The van der Waals surface area contributed by atoms with Crippen LogP contribution in [0.1, 0.15) is 5.69 Å². The summed E-state index contributed by atoms with van der Waals surface area (Å²) in [6.07, 6.45) is 1.83. The van der Waals surface area contributed by atoms with Crippen molar-refractivity contribution in [3.05, 3.63) is 58.6 Å². The van der Waals surface area contributed by atoms with Gasteiger partial charge in [-0.2, -0.15) is 0 Å². The second kappa shape index (κ2) is 8.62. The van der Waals surface area contributed by atoms with E-state index in [4.69, 9.17) is 4.74 Å². The maximum atomic E-state index is 14.7. The fourth-order valence-electron chi connectivity index (χ4n) is 3.27. The zero-order valence-corrected chi connectivity index (χ0v) is 19.0. The van der Waals surface area contributed by atoms with Crippen LogP contribution in [0.25, 0.3) is 15.9 Å². The van der Waals surface area contributed by atoms with Crippen molar-refractivity contribution < 1.29 is 9.13 Å². The predicted molar refractivity (Wildman–Crippen MR) is 121 cm³/mol. The maximum Gasteiger partial charge on any atom is 0.151 e. The first kappa shape index (κ1) is 19.9. The third-order valence-corrected chi connectivity index (χ3v) is 7.47. The van der Waals surface area contributed by atoms with Crippen molar-refractivity contribution in [3.63, 3.8) is 0 Å². The number of rotatable bonds is 5. The van der Waals surface area contributed by atoms with Gasteiger partial charge >= 0.3 is 0 Å². The molecule has 10 heteroatoms. The van der Waals surface area contributed by atoms with Crippen LogP contribution in [-0.4, -0.2) is 46.3 Å². The Morgan fingerprint density at radius 1 is 1.17 bits per heavy atom. The molecule has 1 aliphatic heterocycles. The zero-order valence-electron chi connectivity index (χ0n) is 15.8. The van der Waals surface area contributed by atoms with Crippen LogP contribution in [0.5, 0.6) is 0 Å². The van der Waals surface area contributed by atoms with Crippen molar-refractivity contribution in [2.75, 3.05) is 31.2 Å². The van der Waals surface area contributed by atoms with E-state index in [1.165, 1.54) is 6.07 Å². The molecular formula is C20H17BrFN5OS2. The number of benzene rings is 2. The SMILES string of the molecule is Fc1cc(-n2cc(CSc3nc4cc(Br)ccc4s3)nn2)ccc1N1CCOCC1. The summed E-state index contributed by atoms with van der Waals surface area (Å²) in [4.78, 5) is 6.66. The average molecular weight is 506 g/mol. The highest BCUT2D eigenvalue weighted by Gasteiger charge is 2.16. The lowest BCUT2D eigenvalue weighted by Gasteiger charge is -2.29. The number of nitrogens with zero attached hydrogens (tertiary/aromatic N) is 5. The van der Waals surface area contributed by atoms with E-state index >= 15 is 0 Å². The quantitative estimate of drug-likeness (QED) is 0.359. The van der Waals surface area contributed by atoms with Gasteiger partial charge in [0.15, 0.2) is 4.34 Å². The molecule has 0 saturated carbocycles. The molecule has 0 aliphatic carbocycles. The Bertz CT molecular complexity index is 1190. The van der Waals surface area contributed by atoms with E-state index in [0.717, 1.165) is 24.7 Å². The number of thioether (sulfide) groups is 1. The van der Waals surface area contributed by atoms with Gasteiger partial charge in [-0.15, -0.1) is 16.4 Å². The van der Waals surface area contributed by atoms with Gasteiger partial charge < -0.3 is 9.64 Å². The van der Waals surface area contributed by atoms with E-state index in [9.17, 15) is 4.39 Å². The fraction of sp³-hybridized carbons (Fsp3) is 0.250. The van der Waals surface area contributed by atoms with Crippen LogP contribution >= 0.6 is 39.0 Å². The fourth-order valence-corrected chi connectivity index (χ4v) is 5.54. The van der Waals surface area contributed by atoms with Crippen LogP contribution in [-0.2, 0) is 10.5 Å². The average Bonchev–Trinajstić information content (AvgIpc) is 3.39. The summed E-state index contributed by atoms with van der Waals surface area (Å²) in [5.41, 5.74) is 3.05. The van der Waals surface area contributed by atoms with Crippen LogP contribution in [0.2, 0.25) is 0 Å². The van der Waals surface area contributed by atoms with Crippen LogP contribution in [0.15, 0.2) is 51.4 Å². The van der Waals surface area contributed by atoms with Crippen molar-refractivity contribution in [1.82, 2.24) is 20.0 Å². The molecule has 154 valence electrons. The van der Waals surface area contributed by atoms with Crippen LogP contribution in [0, 0.1) is 5.82 Å². The van der Waals surface area contributed by atoms with Gasteiger partial charge in [0.2, 0.25) is 0 Å². The highest BCUT2D eigenvalue weighted by atomic mass is 79.9. The Balaban J connectivity index is 1.28. The highest BCUT2D eigenvalue weighted by Crippen LogP contribution is 2.32. The van der Waals surface area contributed by atoms with Crippen molar-refractivity contribution in [2.24, 2.45) is 0 Å².